The van der Waals surface area contributed by atoms with Gasteiger partial charge in [-0.15, -0.1) is 0 Å². The van der Waals surface area contributed by atoms with Crippen LogP contribution in [0.1, 0.15) is 29.2 Å². The monoisotopic (exact) mass is 470 g/mol. The number of carbonyl (C=O) groups excluding carboxylic acids is 1. The fourth-order valence-corrected chi connectivity index (χ4v) is 5.05. The number of nitriles is 1. The van der Waals surface area contributed by atoms with Gasteiger partial charge < -0.3 is 14.5 Å². The number of hydrogen-bond acceptors (Lipinski definition) is 5. The molecule has 0 radical (unpaired) electrons. The lowest BCUT2D eigenvalue weighted by atomic mass is 9.93. The summed E-state index contributed by atoms with van der Waals surface area (Å²) < 4.78 is 19.8. The van der Waals surface area contributed by atoms with E-state index in [-0.39, 0.29) is 24.2 Å². The quantitative estimate of drug-likeness (QED) is 0.574. The topological polar surface area (TPSA) is 69.5 Å². The molecule has 3 aromatic rings. The molecule has 35 heavy (non-hydrogen) atoms. The van der Waals surface area contributed by atoms with E-state index in [0.29, 0.717) is 56.2 Å². The molecule has 1 atom stereocenters. The summed E-state index contributed by atoms with van der Waals surface area (Å²) in [5, 5.41) is 10.1. The summed E-state index contributed by atoms with van der Waals surface area (Å²) >= 11 is 0. The van der Waals surface area contributed by atoms with E-state index in [0.717, 1.165) is 22.4 Å². The Morgan fingerprint density at radius 2 is 1.91 bits per heavy atom. The second-order valence-electron chi connectivity index (χ2n) is 9.05. The first-order valence-corrected chi connectivity index (χ1v) is 11.9. The summed E-state index contributed by atoms with van der Waals surface area (Å²) in [7, 11) is 0. The number of amides is 1. The number of benzene rings is 2. The number of aromatic nitrogens is 1. The highest BCUT2D eigenvalue weighted by atomic mass is 19.1. The average Bonchev–Trinajstić information content (AvgIpc) is 2.89. The number of ether oxygens (including phenoxy) is 1. The highest BCUT2D eigenvalue weighted by molar-refractivity contribution is 5.80. The smallest absolute Gasteiger partial charge is 0.227 e. The number of rotatable bonds is 4. The Morgan fingerprint density at radius 3 is 2.66 bits per heavy atom. The molecule has 6 nitrogen and oxygen atoms in total. The molecular weight excluding hydrogens is 443 g/mol. The van der Waals surface area contributed by atoms with Crippen molar-refractivity contribution in [1.82, 2.24) is 9.88 Å². The van der Waals surface area contributed by atoms with Crippen LogP contribution in [0.25, 0.3) is 11.3 Å². The van der Waals surface area contributed by atoms with Crippen LogP contribution in [0.3, 0.4) is 0 Å². The molecule has 1 aromatic heterocycles. The van der Waals surface area contributed by atoms with Crippen LogP contribution >= 0.6 is 0 Å². The second kappa shape index (κ2) is 9.85. The molecule has 178 valence electrons. The van der Waals surface area contributed by atoms with Crippen LogP contribution in [0.5, 0.6) is 0 Å². The van der Waals surface area contributed by atoms with Gasteiger partial charge in [-0.25, -0.2) is 9.37 Å². The number of anilines is 1. The van der Waals surface area contributed by atoms with E-state index in [4.69, 9.17) is 9.72 Å². The van der Waals surface area contributed by atoms with Gasteiger partial charge in [-0.05, 0) is 30.5 Å². The van der Waals surface area contributed by atoms with Crippen molar-refractivity contribution in [2.45, 2.75) is 32.4 Å². The second-order valence-corrected chi connectivity index (χ2v) is 9.05. The molecule has 2 aromatic carbocycles. The van der Waals surface area contributed by atoms with Crippen molar-refractivity contribution in [1.29, 1.82) is 5.26 Å². The number of halogens is 1. The zero-order chi connectivity index (χ0) is 24.4. The first-order chi connectivity index (χ1) is 17.1. The van der Waals surface area contributed by atoms with E-state index >= 15 is 0 Å². The van der Waals surface area contributed by atoms with E-state index < -0.39 is 0 Å². The molecule has 1 fully saturated rings. The SMILES string of the molecule is CC1CN(c2nc(-c3ccccc3)c3c(c2C#N)CCOC3)CCN1C(=O)Cc1ccccc1F. The summed E-state index contributed by atoms with van der Waals surface area (Å²) in [5.41, 5.74) is 4.83. The van der Waals surface area contributed by atoms with Crippen LogP contribution in [0.4, 0.5) is 10.2 Å². The Labute approximate surface area is 204 Å². The van der Waals surface area contributed by atoms with Crippen LogP contribution in [0.2, 0.25) is 0 Å². The van der Waals surface area contributed by atoms with Crippen molar-refractivity contribution in [3.05, 3.63) is 82.7 Å². The lowest BCUT2D eigenvalue weighted by molar-refractivity contribution is -0.132. The first-order valence-electron chi connectivity index (χ1n) is 11.9. The minimum atomic E-state index is -0.360. The lowest BCUT2D eigenvalue weighted by Gasteiger charge is -2.41. The molecule has 2 aliphatic heterocycles. The van der Waals surface area contributed by atoms with Gasteiger partial charge in [0.1, 0.15) is 17.7 Å². The predicted octanol–water partition coefficient (Wildman–Crippen LogP) is 4.11. The zero-order valence-corrected chi connectivity index (χ0v) is 19.7. The maximum absolute atomic E-state index is 14.1. The fraction of sp³-hybridized carbons (Fsp3) is 0.321. The van der Waals surface area contributed by atoms with Gasteiger partial charge in [-0.3, -0.25) is 4.79 Å². The Balaban J connectivity index is 1.43. The Hall–Kier alpha value is -3.76. The van der Waals surface area contributed by atoms with Crippen LogP contribution in [0, 0.1) is 17.1 Å². The van der Waals surface area contributed by atoms with Crippen LogP contribution in [0.15, 0.2) is 54.6 Å². The highest BCUT2D eigenvalue weighted by Crippen LogP contribution is 2.35. The summed E-state index contributed by atoms with van der Waals surface area (Å²) in [6, 6.07) is 18.7. The number of pyridine rings is 1. The number of fused-ring (bicyclic) bond motifs is 1. The third-order valence-corrected chi connectivity index (χ3v) is 6.84. The summed E-state index contributed by atoms with van der Waals surface area (Å²) in [6.45, 7) is 4.60. The molecule has 0 bridgehead atoms. The van der Waals surface area contributed by atoms with Crippen molar-refractivity contribution in [2.24, 2.45) is 0 Å². The van der Waals surface area contributed by atoms with E-state index in [1.165, 1.54) is 6.07 Å². The first kappa shape index (κ1) is 23.0. The van der Waals surface area contributed by atoms with Crippen LogP contribution < -0.4 is 4.90 Å². The molecule has 2 aliphatic rings. The van der Waals surface area contributed by atoms with E-state index in [1.807, 2.05) is 37.3 Å². The summed E-state index contributed by atoms with van der Waals surface area (Å²) in [6.07, 6.45) is 0.708. The molecule has 3 heterocycles. The maximum Gasteiger partial charge on any atom is 0.227 e. The van der Waals surface area contributed by atoms with E-state index in [1.54, 1.807) is 23.1 Å². The van der Waals surface area contributed by atoms with Crippen molar-refractivity contribution in [3.63, 3.8) is 0 Å². The van der Waals surface area contributed by atoms with Gasteiger partial charge in [-0.1, -0.05) is 48.5 Å². The average molecular weight is 471 g/mol. The van der Waals surface area contributed by atoms with E-state index in [9.17, 15) is 14.4 Å². The van der Waals surface area contributed by atoms with Gasteiger partial charge >= 0.3 is 0 Å². The molecule has 7 heteroatoms. The fourth-order valence-electron chi connectivity index (χ4n) is 5.05. The van der Waals surface area contributed by atoms with Crippen LogP contribution in [-0.4, -0.2) is 48.1 Å². The molecular formula is C28H27FN4O2. The summed E-state index contributed by atoms with van der Waals surface area (Å²) in [4.78, 5) is 21.9. The number of carbonyl (C=O) groups is 1. The minimum absolute atomic E-state index is 0.0374. The Bertz CT molecular complexity index is 1290. The molecule has 1 saturated heterocycles. The van der Waals surface area contributed by atoms with Crippen molar-refractivity contribution >= 4 is 11.7 Å². The molecule has 0 N–H and O–H groups in total. The largest absolute Gasteiger partial charge is 0.376 e. The third kappa shape index (κ3) is 4.50. The highest BCUT2D eigenvalue weighted by Gasteiger charge is 2.32. The predicted molar refractivity (Wildman–Crippen MR) is 131 cm³/mol. The molecule has 0 aliphatic carbocycles. The van der Waals surface area contributed by atoms with Gasteiger partial charge in [0, 0.05) is 36.8 Å². The standard InChI is InChI=1S/C28H27FN4O2/c1-19-17-32(12-13-33(19)26(34)15-21-9-5-6-10-25(21)29)28-23(16-30)22-11-14-35-18-24(22)27(31-28)20-7-3-2-4-8-20/h2-10,19H,11-15,17-18H2,1H3. The lowest BCUT2D eigenvalue weighted by Crippen LogP contribution is -2.55. The van der Waals surface area contributed by atoms with Gasteiger partial charge in [0.15, 0.2) is 0 Å². The van der Waals surface area contributed by atoms with Crippen LogP contribution in [-0.2, 0) is 29.0 Å². The minimum Gasteiger partial charge on any atom is -0.376 e. The van der Waals surface area contributed by atoms with Crippen molar-refractivity contribution in [2.75, 3.05) is 31.1 Å². The third-order valence-electron chi connectivity index (χ3n) is 6.84. The van der Waals surface area contributed by atoms with Crippen molar-refractivity contribution in [3.8, 4) is 17.3 Å². The van der Waals surface area contributed by atoms with Gasteiger partial charge in [-0.2, -0.15) is 5.26 Å². The zero-order valence-electron chi connectivity index (χ0n) is 19.7. The normalized spacial score (nSPS) is 17.6. The number of hydrogen-bond donors (Lipinski definition) is 0. The molecule has 0 saturated carbocycles. The maximum atomic E-state index is 14.1. The summed E-state index contributed by atoms with van der Waals surface area (Å²) in [5.74, 6) is 0.213. The van der Waals surface area contributed by atoms with Gasteiger partial charge in [0.05, 0.1) is 30.9 Å². The Morgan fingerprint density at radius 1 is 1.14 bits per heavy atom. The molecule has 0 spiro atoms. The van der Waals surface area contributed by atoms with Gasteiger partial charge in [0.2, 0.25) is 5.91 Å². The number of piperazine rings is 1. The Kier molecular flexibility index (Phi) is 6.47. The molecule has 1 unspecified atom stereocenters. The molecule has 5 rings (SSSR count). The number of nitrogens with zero attached hydrogens (tertiary/aromatic N) is 4. The molecule has 1 amide bonds. The van der Waals surface area contributed by atoms with Gasteiger partial charge in [0.25, 0.3) is 0 Å². The van der Waals surface area contributed by atoms with Crippen molar-refractivity contribution < 1.29 is 13.9 Å². The van der Waals surface area contributed by atoms with E-state index in [2.05, 4.69) is 11.0 Å².